The molecule has 3 heterocycles. The van der Waals surface area contributed by atoms with Gasteiger partial charge >= 0.3 is 5.97 Å². The topological polar surface area (TPSA) is 100 Å². The van der Waals surface area contributed by atoms with E-state index < -0.39 is 5.97 Å². The minimum Gasteiger partial charge on any atom is -0.480 e. The number of carbonyl (C=O) groups is 1. The van der Waals surface area contributed by atoms with E-state index in [1.54, 1.807) is 17.7 Å². The van der Waals surface area contributed by atoms with Crippen LogP contribution in [0.15, 0.2) is 11.0 Å². The third-order valence-corrected chi connectivity index (χ3v) is 4.22. The van der Waals surface area contributed by atoms with Crippen LogP contribution in [0.5, 0.6) is 0 Å². The third-order valence-electron chi connectivity index (χ3n) is 4.22. The van der Waals surface area contributed by atoms with Crippen LogP contribution >= 0.6 is 0 Å². The lowest BCUT2D eigenvalue weighted by Crippen LogP contribution is -2.46. The molecule has 1 aliphatic rings. The molecular weight excluding hydrogens is 310 g/mol. The molecule has 8 nitrogen and oxygen atoms in total. The highest BCUT2D eigenvalue weighted by Gasteiger charge is 2.24. The van der Waals surface area contributed by atoms with E-state index >= 15 is 0 Å². The van der Waals surface area contributed by atoms with Crippen molar-refractivity contribution in [3.8, 4) is 0 Å². The van der Waals surface area contributed by atoms with Gasteiger partial charge in [0.25, 0.3) is 0 Å². The summed E-state index contributed by atoms with van der Waals surface area (Å²) in [6, 6.07) is 0. The van der Waals surface area contributed by atoms with Gasteiger partial charge in [-0.25, -0.2) is 9.97 Å². The predicted octanol–water partition coefficient (Wildman–Crippen LogP) is 0.157. The van der Waals surface area contributed by atoms with Gasteiger partial charge in [0.05, 0.1) is 5.69 Å². The Labute approximate surface area is 139 Å². The zero-order valence-electron chi connectivity index (χ0n) is 13.9. The molecule has 0 saturated carbocycles. The number of fused-ring (bicyclic) bond motifs is 1. The second kappa shape index (κ2) is 6.56. The highest BCUT2D eigenvalue weighted by molar-refractivity contribution is 5.79. The van der Waals surface area contributed by atoms with Gasteiger partial charge < -0.3 is 19.9 Å². The second-order valence-electron chi connectivity index (χ2n) is 5.88. The summed E-state index contributed by atoms with van der Waals surface area (Å²) in [7, 11) is 0. The lowest BCUT2D eigenvalue weighted by atomic mass is 10.1. The highest BCUT2D eigenvalue weighted by Crippen LogP contribution is 2.22. The number of hydrogen-bond donors (Lipinski definition) is 2. The van der Waals surface area contributed by atoms with Crippen LogP contribution in [0.3, 0.4) is 0 Å². The van der Waals surface area contributed by atoms with E-state index in [2.05, 4.69) is 15.3 Å². The minimum absolute atomic E-state index is 0.169. The van der Waals surface area contributed by atoms with Crippen molar-refractivity contribution >= 4 is 22.8 Å². The lowest BCUT2D eigenvalue weighted by molar-refractivity contribution is -0.137. The quantitative estimate of drug-likeness (QED) is 0.823. The number of nitrogens with one attached hydrogen (secondary N) is 1. The third kappa shape index (κ3) is 2.84. The van der Waals surface area contributed by atoms with Crippen molar-refractivity contribution in [2.45, 2.75) is 26.8 Å². The Morgan fingerprint density at radius 2 is 2.08 bits per heavy atom. The summed E-state index contributed by atoms with van der Waals surface area (Å²) >= 11 is 0. The Bertz CT molecular complexity index is 840. The van der Waals surface area contributed by atoms with Crippen molar-refractivity contribution in [2.24, 2.45) is 0 Å². The SMILES string of the molecule is CCc1c(N2CCNCC2)c(=O)c2ncc(C)nc2n1CC(=O)O. The first-order chi connectivity index (χ1) is 11.5. The molecule has 3 rings (SSSR count). The summed E-state index contributed by atoms with van der Waals surface area (Å²) in [5, 5.41) is 12.6. The highest BCUT2D eigenvalue weighted by atomic mass is 16.4. The molecule has 24 heavy (non-hydrogen) atoms. The molecule has 1 aliphatic heterocycles. The Hall–Kier alpha value is -2.48. The maximum Gasteiger partial charge on any atom is 0.323 e. The van der Waals surface area contributed by atoms with Crippen LogP contribution in [0.1, 0.15) is 18.3 Å². The zero-order valence-corrected chi connectivity index (χ0v) is 13.9. The van der Waals surface area contributed by atoms with Crippen molar-refractivity contribution in [3.05, 3.63) is 27.8 Å². The second-order valence-corrected chi connectivity index (χ2v) is 5.88. The molecule has 0 unspecified atom stereocenters. The van der Waals surface area contributed by atoms with E-state index in [0.717, 1.165) is 13.1 Å². The average molecular weight is 331 g/mol. The molecule has 0 spiro atoms. The van der Waals surface area contributed by atoms with Gasteiger partial charge in [-0.1, -0.05) is 6.92 Å². The monoisotopic (exact) mass is 331 g/mol. The summed E-state index contributed by atoms with van der Waals surface area (Å²) < 4.78 is 1.62. The van der Waals surface area contributed by atoms with Gasteiger partial charge in [0, 0.05) is 38.1 Å². The van der Waals surface area contributed by atoms with Gasteiger partial charge in [-0.2, -0.15) is 0 Å². The number of piperazine rings is 1. The molecule has 0 atom stereocenters. The van der Waals surface area contributed by atoms with Gasteiger partial charge in [0.1, 0.15) is 12.2 Å². The molecule has 128 valence electrons. The Morgan fingerprint density at radius 1 is 1.38 bits per heavy atom. The number of carboxylic acids is 1. The number of aromatic nitrogens is 3. The van der Waals surface area contributed by atoms with Gasteiger partial charge in [-0.3, -0.25) is 9.59 Å². The maximum absolute atomic E-state index is 13.0. The van der Waals surface area contributed by atoms with Gasteiger partial charge in [-0.15, -0.1) is 0 Å². The Morgan fingerprint density at radius 3 is 2.71 bits per heavy atom. The lowest BCUT2D eigenvalue weighted by Gasteiger charge is -2.31. The minimum atomic E-state index is -0.968. The van der Waals surface area contributed by atoms with Crippen molar-refractivity contribution in [1.82, 2.24) is 19.9 Å². The van der Waals surface area contributed by atoms with Crippen LogP contribution in [-0.2, 0) is 17.8 Å². The first-order valence-corrected chi connectivity index (χ1v) is 8.09. The molecule has 1 fully saturated rings. The number of aliphatic carboxylic acids is 1. The fourth-order valence-electron chi connectivity index (χ4n) is 3.19. The van der Waals surface area contributed by atoms with Crippen LogP contribution in [0.25, 0.3) is 11.2 Å². The summed E-state index contributed by atoms with van der Waals surface area (Å²) in [5.74, 6) is -0.968. The molecule has 0 radical (unpaired) electrons. The summed E-state index contributed by atoms with van der Waals surface area (Å²) in [5.41, 5.74) is 2.32. The molecule has 1 saturated heterocycles. The van der Waals surface area contributed by atoms with Crippen molar-refractivity contribution < 1.29 is 9.90 Å². The van der Waals surface area contributed by atoms with Crippen LogP contribution in [-0.4, -0.2) is 51.8 Å². The molecule has 2 aromatic heterocycles. The van der Waals surface area contributed by atoms with Gasteiger partial charge in [0.2, 0.25) is 5.43 Å². The van der Waals surface area contributed by atoms with E-state index in [-0.39, 0.29) is 17.5 Å². The predicted molar refractivity (Wildman–Crippen MR) is 90.6 cm³/mol. The molecule has 2 N–H and O–H groups in total. The van der Waals surface area contributed by atoms with Crippen LogP contribution in [0.2, 0.25) is 0 Å². The standard InChI is InChI=1S/C16H21N5O3/c1-3-11-14(20-6-4-17-5-7-20)15(24)13-16(19-10(2)8-18-13)21(11)9-12(22)23/h8,17H,3-7,9H2,1-2H3,(H,22,23). The van der Waals surface area contributed by atoms with Crippen molar-refractivity contribution in [1.29, 1.82) is 0 Å². The number of anilines is 1. The average Bonchev–Trinajstić information content (AvgIpc) is 2.57. The van der Waals surface area contributed by atoms with E-state index in [0.29, 0.717) is 42.2 Å². The number of hydrogen-bond acceptors (Lipinski definition) is 6. The summed E-state index contributed by atoms with van der Waals surface area (Å²) in [6.07, 6.45) is 2.09. The molecule has 0 aliphatic carbocycles. The van der Waals surface area contributed by atoms with Gasteiger partial charge in [-0.05, 0) is 13.3 Å². The van der Waals surface area contributed by atoms with E-state index in [1.807, 2.05) is 11.8 Å². The number of carboxylic acid groups (broad SMARTS) is 1. The zero-order chi connectivity index (χ0) is 17.3. The van der Waals surface area contributed by atoms with E-state index in [1.165, 1.54) is 0 Å². The largest absolute Gasteiger partial charge is 0.480 e. The number of rotatable bonds is 4. The smallest absolute Gasteiger partial charge is 0.323 e. The number of nitrogens with zero attached hydrogens (tertiary/aromatic N) is 4. The first kappa shape index (κ1) is 16.4. The molecule has 2 aromatic rings. The van der Waals surface area contributed by atoms with Crippen LogP contribution in [0, 0.1) is 6.92 Å². The Balaban J connectivity index is 2.34. The van der Waals surface area contributed by atoms with Gasteiger partial charge in [0.15, 0.2) is 11.2 Å². The van der Waals surface area contributed by atoms with E-state index in [4.69, 9.17) is 0 Å². The summed E-state index contributed by atoms with van der Waals surface area (Å²) in [4.78, 5) is 35.1. The maximum atomic E-state index is 13.0. The summed E-state index contributed by atoms with van der Waals surface area (Å²) in [6.45, 7) is 6.46. The van der Waals surface area contributed by atoms with Crippen molar-refractivity contribution in [2.75, 3.05) is 31.1 Å². The van der Waals surface area contributed by atoms with Crippen molar-refractivity contribution in [3.63, 3.8) is 0 Å². The molecule has 0 bridgehead atoms. The first-order valence-electron chi connectivity index (χ1n) is 8.09. The number of aryl methyl sites for hydroxylation is 1. The Kier molecular flexibility index (Phi) is 4.48. The molecule has 0 amide bonds. The normalized spacial score (nSPS) is 15.0. The van der Waals surface area contributed by atoms with Crippen LogP contribution < -0.4 is 15.6 Å². The fourth-order valence-corrected chi connectivity index (χ4v) is 3.19. The van der Waals surface area contributed by atoms with E-state index in [9.17, 15) is 14.7 Å². The number of pyridine rings is 1. The molecule has 0 aromatic carbocycles. The molecular formula is C16H21N5O3. The fraction of sp³-hybridized carbons (Fsp3) is 0.500. The van der Waals surface area contributed by atoms with Crippen LogP contribution in [0.4, 0.5) is 5.69 Å². The molecule has 8 heteroatoms.